The summed E-state index contributed by atoms with van der Waals surface area (Å²) < 4.78 is 0. The second-order valence-electron chi connectivity index (χ2n) is 0.0833. The zero-order valence-corrected chi connectivity index (χ0v) is 4.23. The zero-order chi connectivity index (χ0) is 2.71. The van der Waals surface area contributed by atoms with Gasteiger partial charge in [-0.05, 0) is 0 Å². The number of carbonyl (C=O) groups excluding carboxylic acids is 2. The third-order valence-electron chi connectivity index (χ3n) is 0. The second kappa shape index (κ2) is 25.7. The van der Waals surface area contributed by atoms with Gasteiger partial charge in [-0.3, -0.25) is 0 Å². The van der Waals surface area contributed by atoms with Gasteiger partial charge in [0.15, 0.2) is 0 Å². The van der Waals surface area contributed by atoms with Gasteiger partial charge in [-0.1, -0.05) is 0 Å². The Morgan fingerprint density at radius 1 is 1.00 bits per heavy atom. The van der Waals surface area contributed by atoms with E-state index in [0.29, 0.717) is 0 Å². The first-order valence-corrected chi connectivity index (χ1v) is 0.408. The van der Waals surface area contributed by atoms with Crippen LogP contribution >= 0.6 is 0 Å². The predicted octanol–water partition coefficient (Wildman–Crippen LogP) is -0.588. The van der Waals surface area contributed by atoms with Crippen LogP contribution < -0.4 is 0 Å². The van der Waals surface area contributed by atoms with Gasteiger partial charge >= 0.3 is 6.15 Å². The molecule has 0 N–H and O–H groups in total. The SMILES string of the molecule is O=C=O.[Fe].[Fe]. The van der Waals surface area contributed by atoms with Crippen molar-refractivity contribution in [3.8, 4) is 0 Å². The Bertz CT molecular complexity index is 28.6. The zero-order valence-electron chi connectivity index (χ0n) is 2.02. The van der Waals surface area contributed by atoms with Gasteiger partial charge in [-0.25, -0.2) is 0 Å². The van der Waals surface area contributed by atoms with Crippen molar-refractivity contribution in [1.29, 1.82) is 0 Å². The molecule has 0 aliphatic carbocycles. The molecule has 0 atom stereocenters. The average molecular weight is 156 g/mol. The molecule has 0 saturated heterocycles. The third kappa shape index (κ3) is 147. The molecule has 0 aromatic rings. The topological polar surface area (TPSA) is 34.1 Å². The van der Waals surface area contributed by atoms with Crippen LogP contribution in [0.25, 0.3) is 0 Å². The van der Waals surface area contributed by atoms with Gasteiger partial charge in [0, 0.05) is 34.1 Å². The molecule has 0 rings (SSSR count). The molecule has 0 aromatic carbocycles. The van der Waals surface area contributed by atoms with Gasteiger partial charge in [0.05, 0.1) is 0 Å². The molecule has 0 unspecified atom stereocenters. The molecule has 32 valence electrons. The Morgan fingerprint density at radius 3 is 1.00 bits per heavy atom. The molecule has 0 amide bonds. The predicted molar refractivity (Wildman–Crippen MR) is 5.01 cm³/mol. The summed E-state index contributed by atoms with van der Waals surface area (Å²) in [6.07, 6.45) is 0.250. The third-order valence-corrected chi connectivity index (χ3v) is 0. The summed E-state index contributed by atoms with van der Waals surface area (Å²) in [5.74, 6) is 0. The molecule has 0 radical (unpaired) electrons. The van der Waals surface area contributed by atoms with Crippen LogP contribution in [0.1, 0.15) is 0 Å². The summed E-state index contributed by atoms with van der Waals surface area (Å²) >= 11 is 0. The van der Waals surface area contributed by atoms with E-state index in [2.05, 4.69) is 0 Å². The van der Waals surface area contributed by atoms with Gasteiger partial charge in [0.25, 0.3) is 0 Å². The smallest absolute Gasteiger partial charge is 0.186 e. The van der Waals surface area contributed by atoms with Crippen LogP contribution in [0.2, 0.25) is 0 Å². The Kier molecular flexibility index (Phi) is 92.8. The first-order chi connectivity index (χ1) is 1.41. The van der Waals surface area contributed by atoms with Gasteiger partial charge < -0.3 is 0 Å². The Balaban J connectivity index is -0.0000000200. The molecule has 0 heterocycles. The monoisotopic (exact) mass is 156 g/mol. The summed E-state index contributed by atoms with van der Waals surface area (Å²) in [6.45, 7) is 0. The van der Waals surface area contributed by atoms with Crippen LogP contribution in [0.15, 0.2) is 0 Å². The fourth-order valence-electron chi connectivity index (χ4n) is 0. The molecule has 0 aromatic heterocycles. The van der Waals surface area contributed by atoms with Gasteiger partial charge in [-0.2, -0.15) is 9.59 Å². The van der Waals surface area contributed by atoms with Crippen LogP contribution in [0.4, 0.5) is 0 Å². The number of hydrogen-bond donors (Lipinski definition) is 0. The molecule has 0 spiro atoms. The summed E-state index contributed by atoms with van der Waals surface area (Å²) in [6, 6.07) is 0. The van der Waals surface area contributed by atoms with Gasteiger partial charge in [-0.15, -0.1) is 0 Å². The minimum Gasteiger partial charge on any atom is -0.186 e. The molecule has 0 fully saturated rings. The molecule has 0 aliphatic heterocycles. The first kappa shape index (κ1) is 18.1. The Labute approximate surface area is 50.3 Å². The standard InChI is InChI=1S/CO2.2Fe/c2-1-3;;. The van der Waals surface area contributed by atoms with E-state index in [1.807, 2.05) is 0 Å². The van der Waals surface area contributed by atoms with Crippen molar-refractivity contribution in [1.82, 2.24) is 0 Å². The summed E-state index contributed by atoms with van der Waals surface area (Å²) in [5.41, 5.74) is 0. The van der Waals surface area contributed by atoms with Gasteiger partial charge in [0.2, 0.25) is 0 Å². The summed E-state index contributed by atoms with van der Waals surface area (Å²) in [7, 11) is 0. The molecular formula is CFe2O2. The average Bonchev–Trinajstić information content (AvgIpc) is 0.918. The normalized spacial score (nSPS) is 1.60. The van der Waals surface area contributed by atoms with Crippen molar-refractivity contribution in [2.45, 2.75) is 0 Å². The number of hydrogen-bond acceptors (Lipinski definition) is 2. The van der Waals surface area contributed by atoms with Crippen LogP contribution in [0.5, 0.6) is 0 Å². The maximum atomic E-state index is 8.12. The van der Waals surface area contributed by atoms with E-state index in [1.54, 1.807) is 0 Å². The molecule has 2 nitrogen and oxygen atoms in total. The summed E-state index contributed by atoms with van der Waals surface area (Å²) in [4.78, 5) is 16.2. The molecule has 0 saturated carbocycles. The summed E-state index contributed by atoms with van der Waals surface area (Å²) in [5, 5.41) is 0. The van der Waals surface area contributed by atoms with Gasteiger partial charge in [0.1, 0.15) is 0 Å². The molecule has 5 heavy (non-hydrogen) atoms. The molecule has 4 heteroatoms. The van der Waals surface area contributed by atoms with Crippen molar-refractivity contribution in [2.24, 2.45) is 0 Å². The fraction of sp³-hybridized carbons (Fsp3) is 0. The van der Waals surface area contributed by atoms with E-state index in [9.17, 15) is 0 Å². The maximum Gasteiger partial charge on any atom is 0.373 e. The van der Waals surface area contributed by atoms with Crippen LogP contribution in [0.3, 0.4) is 0 Å². The first-order valence-electron chi connectivity index (χ1n) is 0.408. The molecule has 0 aliphatic rings. The maximum absolute atomic E-state index is 8.12. The van der Waals surface area contributed by atoms with Crippen molar-refractivity contribution in [3.63, 3.8) is 0 Å². The molecular weight excluding hydrogens is 156 g/mol. The van der Waals surface area contributed by atoms with E-state index in [4.69, 9.17) is 9.59 Å². The van der Waals surface area contributed by atoms with E-state index in [0.717, 1.165) is 0 Å². The Hall–Kier alpha value is 0.419. The van der Waals surface area contributed by atoms with E-state index < -0.39 is 0 Å². The number of rotatable bonds is 0. The van der Waals surface area contributed by atoms with E-state index >= 15 is 0 Å². The van der Waals surface area contributed by atoms with Crippen molar-refractivity contribution < 1.29 is 43.7 Å². The van der Waals surface area contributed by atoms with Crippen molar-refractivity contribution >= 4 is 6.15 Å². The minimum atomic E-state index is 0. The van der Waals surface area contributed by atoms with Crippen LogP contribution in [0, 0.1) is 0 Å². The van der Waals surface area contributed by atoms with E-state index in [1.165, 1.54) is 0 Å². The largest absolute Gasteiger partial charge is 0.373 e. The quantitative estimate of drug-likeness (QED) is 0.439. The molecule has 0 bridgehead atoms. The second-order valence-corrected chi connectivity index (χ2v) is 0.0833. The fourth-order valence-corrected chi connectivity index (χ4v) is 0. The van der Waals surface area contributed by atoms with Crippen molar-refractivity contribution in [3.05, 3.63) is 0 Å². The minimum absolute atomic E-state index is 0. The van der Waals surface area contributed by atoms with Crippen LogP contribution in [-0.4, -0.2) is 6.15 Å². The van der Waals surface area contributed by atoms with E-state index in [-0.39, 0.29) is 40.3 Å². The van der Waals surface area contributed by atoms with Crippen molar-refractivity contribution in [2.75, 3.05) is 0 Å². The Morgan fingerprint density at radius 2 is 1.00 bits per heavy atom. The van der Waals surface area contributed by atoms with Crippen LogP contribution in [-0.2, 0) is 43.7 Å².